The zero-order valence-electron chi connectivity index (χ0n) is 13.4. The topological polar surface area (TPSA) is 55.1 Å². The number of benzene rings is 3. The molecule has 4 aromatic rings. The maximum Gasteiger partial charge on any atom is 0.263 e. The smallest absolute Gasteiger partial charge is 0.263 e. The minimum Gasteiger partial charge on any atom is -0.380 e. The van der Waals surface area contributed by atoms with Crippen molar-refractivity contribution in [3.8, 4) is 0 Å². The van der Waals surface area contributed by atoms with E-state index in [1.807, 2.05) is 72.8 Å². The van der Waals surface area contributed by atoms with Crippen LogP contribution in [0.15, 0.2) is 84.9 Å². The number of carbonyl (C=O) groups is 1. The SMILES string of the molecule is O=C(c1ccccc1)n1c(C(O)c2ccccc2)nc2ccccc21. The maximum absolute atomic E-state index is 13.1. The lowest BCUT2D eigenvalue weighted by Gasteiger charge is -2.13. The molecule has 122 valence electrons. The van der Waals surface area contributed by atoms with E-state index >= 15 is 0 Å². The van der Waals surface area contributed by atoms with E-state index in [0.29, 0.717) is 28.0 Å². The van der Waals surface area contributed by atoms with Crippen molar-refractivity contribution in [2.75, 3.05) is 0 Å². The van der Waals surface area contributed by atoms with E-state index in [1.54, 1.807) is 12.1 Å². The number of aliphatic hydroxyl groups excluding tert-OH is 1. The molecule has 25 heavy (non-hydrogen) atoms. The number of carbonyl (C=O) groups excluding carboxylic acids is 1. The lowest BCUT2D eigenvalue weighted by molar-refractivity contribution is 0.0948. The standard InChI is InChI=1S/C21H16N2O2/c24-19(15-9-3-1-4-10-15)20-22-17-13-7-8-14-18(17)23(20)21(25)16-11-5-2-6-12-16/h1-14,19,24H. The molecule has 0 radical (unpaired) electrons. The Hall–Kier alpha value is -3.24. The van der Waals surface area contributed by atoms with E-state index in [2.05, 4.69) is 4.98 Å². The molecule has 4 nitrogen and oxygen atoms in total. The van der Waals surface area contributed by atoms with Gasteiger partial charge in [0.1, 0.15) is 6.10 Å². The van der Waals surface area contributed by atoms with E-state index in [1.165, 1.54) is 4.57 Å². The highest BCUT2D eigenvalue weighted by Gasteiger charge is 2.24. The molecule has 4 rings (SSSR count). The Balaban J connectivity index is 1.91. The summed E-state index contributed by atoms with van der Waals surface area (Å²) in [6.45, 7) is 0. The van der Waals surface area contributed by atoms with Gasteiger partial charge in [-0.2, -0.15) is 0 Å². The summed E-state index contributed by atoms with van der Waals surface area (Å²) < 4.78 is 1.50. The Labute approximate surface area is 145 Å². The molecule has 0 aliphatic heterocycles. The highest BCUT2D eigenvalue weighted by atomic mass is 16.3. The summed E-state index contributed by atoms with van der Waals surface area (Å²) >= 11 is 0. The monoisotopic (exact) mass is 328 g/mol. The molecule has 0 amide bonds. The molecule has 4 heteroatoms. The Bertz CT molecular complexity index is 1020. The number of fused-ring (bicyclic) bond motifs is 1. The van der Waals surface area contributed by atoms with Crippen LogP contribution in [-0.2, 0) is 0 Å². The molecule has 0 saturated heterocycles. The molecule has 1 heterocycles. The summed E-state index contributed by atoms with van der Waals surface area (Å²) in [4.78, 5) is 17.6. The summed E-state index contributed by atoms with van der Waals surface area (Å²) in [6, 6.07) is 25.7. The molecule has 0 saturated carbocycles. The van der Waals surface area contributed by atoms with Gasteiger partial charge in [0.2, 0.25) is 0 Å². The van der Waals surface area contributed by atoms with Gasteiger partial charge < -0.3 is 5.11 Å². The predicted octanol–water partition coefficient (Wildman–Crippen LogP) is 3.81. The number of para-hydroxylation sites is 2. The lowest BCUT2D eigenvalue weighted by atomic mass is 10.1. The summed E-state index contributed by atoms with van der Waals surface area (Å²) in [5.41, 5.74) is 2.60. The van der Waals surface area contributed by atoms with E-state index in [4.69, 9.17) is 0 Å². The van der Waals surface area contributed by atoms with Gasteiger partial charge in [-0.05, 0) is 29.8 Å². The van der Waals surface area contributed by atoms with Gasteiger partial charge in [0, 0.05) is 5.56 Å². The number of rotatable bonds is 3. The van der Waals surface area contributed by atoms with Crippen molar-refractivity contribution in [3.05, 3.63) is 102 Å². The van der Waals surface area contributed by atoms with Crippen molar-refractivity contribution in [2.45, 2.75) is 6.10 Å². The second kappa shape index (κ2) is 6.34. The predicted molar refractivity (Wildman–Crippen MR) is 96.4 cm³/mol. The number of hydrogen-bond acceptors (Lipinski definition) is 3. The van der Waals surface area contributed by atoms with Crippen molar-refractivity contribution in [1.29, 1.82) is 0 Å². The lowest BCUT2D eigenvalue weighted by Crippen LogP contribution is -2.18. The molecule has 3 aromatic carbocycles. The molecule has 0 bridgehead atoms. The van der Waals surface area contributed by atoms with Gasteiger partial charge >= 0.3 is 0 Å². The Morgan fingerprint density at radius 2 is 1.44 bits per heavy atom. The first-order chi connectivity index (χ1) is 12.3. The molecule has 1 aromatic heterocycles. The average molecular weight is 328 g/mol. The van der Waals surface area contributed by atoms with Crippen molar-refractivity contribution < 1.29 is 9.90 Å². The first-order valence-electron chi connectivity index (χ1n) is 8.06. The van der Waals surface area contributed by atoms with Crippen LogP contribution >= 0.6 is 0 Å². The molecule has 1 N–H and O–H groups in total. The van der Waals surface area contributed by atoms with Gasteiger partial charge in [-0.25, -0.2) is 4.98 Å². The zero-order valence-corrected chi connectivity index (χ0v) is 13.4. The normalized spacial score (nSPS) is 12.2. The fourth-order valence-electron chi connectivity index (χ4n) is 2.94. The number of aromatic nitrogens is 2. The highest BCUT2D eigenvalue weighted by molar-refractivity contribution is 6.01. The third-order valence-electron chi connectivity index (χ3n) is 4.17. The third-order valence-corrected chi connectivity index (χ3v) is 4.17. The van der Waals surface area contributed by atoms with Crippen LogP contribution in [-0.4, -0.2) is 20.6 Å². The van der Waals surface area contributed by atoms with Gasteiger partial charge in [-0.1, -0.05) is 60.7 Å². The van der Waals surface area contributed by atoms with Crippen molar-refractivity contribution in [1.82, 2.24) is 9.55 Å². The summed E-state index contributed by atoms with van der Waals surface area (Å²) in [5, 5.41) is 10.8. The maximum atomic E-state index is 13.1. The fourth-order valence-corrected chi connectivity index (χ4v) is 2.94. The highest BCUT2D eigenvalue weighted by Crippen LogP contribution is 2.26. The van der Waals surface area contributed by atoms with Crippen molar-refractivity contribution in [2.24, 2.45) is 0 Å². The first-order valence-corrected chi connectivity index (χ1v) is 8.06. The largest absolute Gasteiger partial charge is 0.380 e. The van der Waals surface area contributed by atoms with Crippen LogP contribution < -0.4 is 0 Å². The third kappa shape index (κ3) is 2.73. The number of hydrogen-bond donors (Lipinski definition) is 1. The van der Waals surface area contributed by atoms with Crippen LogP contribution in [0.4, 0.5) is 0 Å². The van der Waals surface area contributed by atoms with Gasteiger partial charge in [0.05, 0.1) is 11.0 Å². The van der Waals surface area contributed by atoms with Gasteiger partial charge in [0.15, 0.2) is 5.82 Å². The number of aliphatic hydroxyl groups is 1. The van der Waals surface area contributed by atoms with E-state index < -0.39 is 6.10 Å². The van der Waals surface area contributed by atoms with Crippen molar-refractivity contribution >= 4 is 16.9 Å². The van der Waals surface area contributed by atoms with Crippen LogP contribution in [0.3, 0.4) is 0 Å². The minimum atomic E-state index is -0.985. The van der Waals surface area contributed by atoms with Gasteiger partial charge in [-0.3, -0.25) is 9.36 Å². The quantitative estimate of drug-likeness (QED) is 0.622. The van der Waals surface area contributed by atoms with Gasteiger partial charge in [0.25, 0.3) is 5.91 Å². The van der Waals surface area contributed by atoms with Crippen LogP contribution in [0.2, 0.25) is 0 Å². The first kappa shape index (κ1) is 15.3. The second-order valence-corrected chi connectivity index (χ2v) is 5.78. The molecule has 0 aliphatic rings. The number of nitrogens with zero attached hydrogens (tertiary/aromatic N) is 2. The minimum absolute atomic E-state index is 0.209. The van der Waals surface area contributed by atoms with Crippen LogP contribution in [0.5, 0.6) is 0 Å². The molecular formula is C21H16N2O2. The summed E-state index contributed by atoms with van der Waals surface area (Å²) in [7, 11) is 0. The van der Waals surface area contributed by atoms with Crippen LogP contribution in [0, 0.1) is 0 Å². The molecule has 0 fully saturated rings. The average Bonchev–Trinajstić information content (AvgIpc) is 3.07. The van der Waals surface area contributed by atoms with Crippen LogP contribution in [0.1, 0.15) is 27.8 Å². The second-order valence-electron chi connectivity index (χ2n) is 5.78. The van der Waals surface area contributed by atoms with Crippen molar-refractivity contribution in [3.63, 3.8) is 0 Å². The fraction of sp³-hybridized carbons (Fsp3) is 0.0476. The van der Waals surface area contributed by atoms with E-state index in [9.17, 15) is 9.90 Å². The molecule has 1 atom stereocenters. The Morgan fingerprint density at radius 1 is 0.840 bits per heavy atom. The molecule has 0 aliphatic carbocycles. The zero-order chi connectivity index (χ0) is 17.2. The van der Waals surface area contributed by atoms with E-state index in [-0.39, 0.29) is 5.91 Å². The van der Waals surface area contributed by atoms with Gasteiger partial charge in [-0.15, -0.1) is 0 Å². The number of imidazole rings is 1. The molecular weight excluding hydrogens is 312 g/mol. The van der Waals surface area contributed by atoms with E-state index in [0.717, 1.165) is 0 Å². The van der Waals surface area contributed by atoms with Crippen LogP contribution in [0.25, 0.3) is 11.0 Å². The molecule has 1 unspecified atom stereocenters. The Morgan fingerprint density at radius 3 is 2.16 bits per heavy atom. The summed E-state index contributed by atoms with van der Waals surface area (Å²) in [5.74, 6) is 0.112. The summed E-state index contributed by atoms with van der Waals surface area (Å²) in [6.07, 6.45) is -0.985. The Kier molecular flexibility index (Phi) is 3.88. The molecule has 0 spiro atoms.